The summed E-state index contributed by atoms with van der Waals surface area (Å²) in [5, 5.41) is 0.0821. The Hall–Kier alpha value is -1.62. The van der Waals surface area contributed by atoms with E-state index in [4.69, 9.17) is 11.6 Å². The lowest BCUT2D eigenvalue weighted by molar-refractivity contribution is -0.140. The van der Waals surface area contributed by atoms with Gasteiger partial charge in [-0.2, -0.15) is 0 Å². The van der Waals surface area contributed by atoms with Crippen molar-refractivity contribution >= 4 is 23.5 Å². The number of hydrogen-bond donors (Lipinski definition) is 0. The number of amides is 1. The molecule has 4 nitrogen and oxygen atoms in total. The molecule has 1 saturated carbocycles. The van der Waals surface area contributed by atoms with Gasteiger partial charge in [0, 0.05) is 12.6 Å². The summed E-state index contributed by atoms with van der Waals surface area (Å²) < 4.78 is 18.3. The van der Waals surface area contributed by atoms with E-state index in [9.17, 15) is 14.0 Å². The maximum Gasteiger partial charge on any atom is 0.307 e. The minimum absolute atomic E-state index is 0.0582. The molecule has 1 fully saturated rings. The topological polar surface area (TPSA) is 46.6 Å². The van der Waals surface area contributed by atoms with Gasteiger partial charge in [0.05, 0.1) is 24.1 Å². The molecule has 0 N–H and O–H groups in total. The number of hydrogen-bond acceptors (Lipinski definition) is 3. The summed E-state index contributed by atoms with van der Waals surface area (Å²) >= 11 is 5.90. The standard InChI is InChI=1S/C14H15ClFNO3/c1-20-12(18)7-8-17(9-5-6-9)14(19)13-10(15)3-2-4-11(13)16/h2-4,9H,5-8H2,1H3. The van der Waals surface area contributed by atoms with Crippen LogP contribution in [0.25, 0.3) is 0 Å². The van der Waals surface area contributed by atoms with Crippen molar-refractivity contribution in [2.24, 2.45) is 0 Å². The van der Waals surface area contributed by atoms with E-state index in [1.165, 1.54) is 30.2 Å². The first-order chi connectivity index (χ1) is 9.54. The maximum atomic E-state index is 13.8. The fourth-order valence-corrected chi connectivity index (χ4v) is 2.24. The molecule has 108 valence electrons. The van der Waals surface area contributed by atoms with Crippen LogP contribution in [0.5, 0.6) is 0 Å². The quantitative estimate of drug-likeness (QED) is 0.785. The molecular formula is C14H15ClFNO3. The summed E-state index contributed by atoms with van der Waals surface area (Å²) in [6, 6.07) is 4.18. The number of nitrogens with zero attached hydrogens (tertiary/aromatic N) is 1. The van der Waals surface area contributed by atoms with Gasteiger partial charge in [0.15, 0.2) is 0 Å². The monoisotopic (exact) mass is 299 g/mol. The van der Waals surface area contributed by atoms with Gasteiger partial charge < -0.3 is 9.64 Å². The Morgan fingerprint density at radius 3 is 2.70 bits per heavy atom. The first-order valence-corrected chi connectivity index (χ1v) is 6.74. The van der Waals surface area contributed by atoms with Crippen LogP contribution in [0.1, 0.15) is 29.6 Å². The summed E-state index contributed by atoms with van der Waals surface area (Å²) in [5.74, 6) is -1.52. The second-order valence-corrected chi connectivity index (χ2v) is 5.06. The largest absolute Gasteiger partial charge is 0.469 e. The van der Waals surface area contributed by atoms with Crippen molar-refractivity contribution in [3.8, 4) is 0 Å². The van der Waals surface area contributed by atoms with Crippen LogP contribution >= 0.6 is 11.6 Å². The Bertz CT molecular complexity index is 511. The highest BCUT2D eigenvalue weighted by Gasteiger charge is 2.34. The molecule has 0 aromatic heterocycles. The molecule has 6 heteroatoms. The Kier molecular flexibility index (Phi) is 4.60. The summed E-state index contributed by atoms with van der Waals surface area (Å²) in [6.07, 6.45) is 1.81. The molecule has 0 aliphatic heterocycles. The van der Waals surface area contributed by atoms with Crippen molar-refractivity contribution in [2.45, 2.75) is 25.3 Å². The summed E-state index contributed by atoms with van der Waals surface area (Å²) in [5.41, 5.74) is -0.133. The van der Waals surface area contributed by atoms with E-state index in [1.807, 2.05) is 0 Å². The van der Waals surface area contributed by atoms with Gasteiger partial charge in [0.25, 0.3) is 5.91 Å². The van der Waals surface area contributed by atoms with E-state index in [1.54, 1.807) is 0 Å². The third-order valence-corrected chi connectivity index (χ3v) is 3.52. The lowest BCUT2D eigenvalue weighted by Crippen LogP contribution is -2.35. The van der Waals surface area contributed by atoms with Gasteiger partial charge in [0.1, 0.15) is 5.82 Å². The molecule has 1 amide bonds. The molecule has 1 aromatic carbocycles. The van der Waals surface area contributed by atoms with E-state index < -0.39 is 17.7 Å². The lowest BCUT2D eigenvalue weighted by atomic mass is 10.1. The van der Waals surface area contributed by atoms with Gasteiger partial charge in [0.2, 0.25) is 0 Å². The van der Waals surface area contributed by atoms with Gasteiger partial charge in [-0.25, -0.2) is 4.39 Å². The number of esters is 1. The number of carbonyl (C=O) groups is 2. The third kappa shape index (κ3) is 3.28. The van der Waals surface area contributed by atoms with Gasteiger partial charge in [-0.3, -0.25) is 9.59 Å². The Morgan fingerprint density at radius 1 is 1.45 bits per heavy atom. The third-order valence-electron chi connectivity index (χ3n) is 3.21. The number of methoxy groups -OCH3 is 1. The highest BCUT2D eigenvalue weighted by Crippen LogP contribution is 2.30. The van der Waals surface area contributed by atoms with Gasteiger partial charge in [-0.05, 0) is 25.0 Å². The predicted octanol–water partition coefficient (Wildman–Crippen LogP) is 2.65. The van der Waals surface area contributed by atoms with Crippen molar-refractivity contribution in [1.82, 2.24) is 4.90 Å². The summed E-state index contributed by atoms with van der Waals surface area (Å²) in [7, 11) is 1.29. The highest BCUT2D eigenvalue weighted by atomic mass is 35.5. The van der Waals surface area contributed by atoms with Crippen molar-refractivity contribution in [3.63, 3.8) is 0 Å². The van der Waals surface area contributed by atoms with Crippen LogP contribution in [0.4, 0.5) is 4.39 Å². The van der Waals surface area contributed by atoms with Crippen LogP contribution < -0.4 is 0 Å². The molecule has 0 saturated heterocycles. The SMILES string of the molecule is COC(=O)CCN(C(=O)c1c(F)cccc1Cl)C1CC1. The zero-order chi connectivity index (χ0) is 14.7. The average Bonchev–Trinajstić information content (AvgIpc) is 3.23. The molecule has 1 aliphatic carbocycles. The molecule has 0 bridgehead atoms. The van der Waals surface area contributed by atoms with E-state index in [2.05, 4.69) is 4.74 Å². The summed E-state index contributed by atoms with van der Waals surface area (Å²) in [4.78, 5) is 25.1. The van der Waals surface area contributed by atoms with Gasteiger partial charge in [-0.15, -0.1) is 0 Å². The Balaban J connectivity index is 2.17. The normalized spacial score (nSPS) is 13.9. The maximum absolute atomic E-state index is 13.8. The molecule has 0 radical (unpaired) electrons. The second-order valence-electron chi connectivity index (χ2n) is 4.65. The minimum Gasteiger partial charge on any atom is -0.469 e. The molecule has 0 atom stereocenters. The lowest BCUT2D eigenvalue weighted by Gasteiger charge is -2.22. The first kappa shape index (κ1) is 14.8. The molecule has 0 heterocycles. The highest BCUT2D eigenvalue weighted by molar-refractivity contribution is 6.33. The van der Waals surface area contributed by atoms with Crippen LogP contribution in [-0.2, 0) is 9.53 Å². The predicted molar refractivity (Wildman–Crippen MR) is 72.1 cm³/mol. The molecule has 0 unspecified atom stereocenters. The van der Waals surface area contributed by atoms with Gasteiger partial charge >= 0.3 is 5.97 Å². The van der Waals surface area contributed by atoms with Crippen LogP contribution in [0.15, 0.2) is 18.2 Å². The molecule has 1 aliphatic rings. The molecule has 0 spiro atoms. The first-order valence-electron chi connectivity index (χ1n) is 6.36. The molecule has 2 rings (SSSR count). The Labute approximate surface area is 121 Å². The minimum atomic E-state index is -0.647. The van der Waals surface area contributed by atoms with Crippen LogP contribution in [-0.4, -0.2) is 36.5 Å². The number of rotatable bonds is 5. The van der Waals surface area contributed by atoms with Crippen molar-refractivity contribution < 1.29 is 18.7 Å². The van der Waals surface area contributed by atoms with Crippen LogP contribution in [0.2, 0.25) is 5.02 Å². The zero-order valence-electron chi connectivity index (χ0n) is 11.1. The van der Waals surface area contributed by atoms with Gasteiger partial charge in [-0.1, -0.05) is 17.7 Å². The smallest absolute Gasteiger partial charge is 0.307 e. The molecular weight excluding hydrogens is 285 g/mol. The second kappa shape index (κ2) is 6.22. The van der Waals surface area contributed by atoms with E-state index in [0.717, 1.165) is 12.8 Å². The van der Waals surface area contributed by atoms with E-state index in [0.29, 0.717) is 0 Å². The molecule has 1 aromatic rings. The zero-order valence-corrected chi connectivity index (χ0v) is 11.8. The molecule has 20 heavy (non-hydrogen) atoms. The van der Waals surface area contributed by atoms with Crippen molar-refractivity contribution in [2.75, 3.05) is 13.7 Å². The van der Waals surface area contributed by atoms with Crippen LogP contribution in [0.3, 0.4) is 0 Å². The van der Waals surface area contributed by atoms with E-state index in [-0.39, 0.29) is 29.6 Å². The fraction of sp³-hybridized carbons (Fsp3) is 0.429. The average molecular weight is 300 g/mol. The number of ether oxygens (including phenoxy) is 1. The fourth-order valence-electron chi connectivity index (χ4n) is 2.00. The number of carbonyl (C=O) groups excluding carboxylic acids is 2. The summed E-state index contributed by atoms with van der Waals surface area (Å²) in [6.45, 7) is 0.209. The van der Waals surface area contributed by atoms with Crippen LogP contribution in [0, 0.1) is 5.82 Å². The van der Waals surface area contributed by atoms with Crippen molar-refractivity contribution in [1.29, 1.82) is 0 Å². The Morgan fingerprint density at radius 2 is 2.15 bits per heavy atom. The van der Waals surface area contributed by atoms with Crippen molar-refractivity contribution in [3.05, 3.63) is 34.6 Å². The number of benzene rings is 1. The number of halogens is 2. The van der Waals surface area contributed by atoms with E-state index >= 15 is 0 Å².